The molecule has 6 heteroatoms. The van der Waals surface area contributed by atoms with Crippen LogP contribution in [0.5, 0.6) is 0 Å². The first-order valence-corrected chi connectivity index (χ1v) is 6.17. The van der Waals surface area contributed by atoms with Crippen molar-refractivity contribution >= 4 is 23.8 Å². The topological polar surface area (TPSA) is 92.2 Å². The van der Waals surface area contributed by atoms with Crippen LogP contribution in [0.3, 0.4) is 0 Å². The van der Waals surface area contributed by atoms with Gasteiger partial charge in [0.2, 0.25) is 0 Å². The van der Waals surface area contributed by atoms with E-state index in [1.807, 2.05) is 13.0 Å². The lowest BCUT2D eigenvalue weighted by atomic mass is 10.1. The van der Waals surface area contributed by atoms with Gasteiger partial charge >= 0.3 is 5.97 Å². The van der Waals surface area contributed by atoms with Crippen LogP contribution in [0.4, 0.5) is 5.82 Å². The molecule has 0 aromatic carbocycles. The maximum atomic E-state index is 12.2. The van der Waals surface area contributed by atoms with E-state index in [0.717, 1.165) is 11.8 Å². The lowest BCUT2D eigenvalue weighted by Crippen LogP contribution is -2.16. The Hall–Kier alpha value is -3.02. The number of amides is 1. The number of carbonyl (C=O) groups excluding carboxylic acids is 1. The second-order valence-corrected chi connectivity index (χ2v) is 4.23. The summed E-state index contributed by atoms with van der Waals surface area (Å²) in [6, 6.07) is 8.51. The monoisotopic (exact) mass is 283 g/mol. The zero-order valence-corrected chi connectivity index (χ0v) is 11.3. The summed E-state index contributed by atoms with van der Waals surface area (Å²) in [6.45, 7) is 1.82. The smallest absolute Gasteiger partial charge is 0.328 e. The first kappa shape index (κ1) is 14.4. The zero-order valence-electron chi connectivity index (χ0n) is 11.3. The Morgan fingerprint density at radius 2 is 2.05 bits per heavy atom. The van der Waals surface area contributed by atoms with Crippen molar-refractivity contribution in [1.82, 2.24) is 9.97 Å². The number of pyridine rings is 2. The average molecular weight is 283 g/mol. The highest BCUT2D eigenvalue weighted by Gasteiger charge is 2.12. The van der Waals surface area contributed by atoms with Crippen LogP contribution in [-0.2, 0) is 4.79 Å². The summed E-state index contributed by atoms with van der Waals surface area (Å²) in [7, 11) is 0. The van der Waals surface area contributed by atoms with Crippen molar-refractivity contribution in [2.24, 2.45) is 0 Å². The number of rotatable bonds is 4. The number of hydrogen-bond donors (Lipinski definition) is 2. The maximum absolute atomic E-state index is 12.2. The van der Waals surface area contributed by atoms with Crippen molar-refractivity contribution in [1.29, 1.82) is 0 Å². The third kappa shape index (κ3) is 3.97. The Bertz CT molecular complexity index is 711. The Morgan fingerprint density at radius 1 is 1.24 bits per heavy atom. The van der Waals surface area contributed by atoms with E-state index in [-0.39, 0.29) is 5.69 Å². The van der Waals surface area contributed by atoms with E-state index in [0.29, 0.717) is 11.4 Å². The molecule has 0 aliphatic heterocycles. The Balaban J connectivity index is 2.25. The van der Waals surface area contributed by atoms with Crippen LogP contribution in [0, 0.1) is 6.92 Å². The van der Waals surface area contributed by atoms with Crippen LogP contribution in [-0.4, -0.2) is 27.0 Å². The number of hydrogen-bond acceptors (Lipinski definition) is 4. The zero-order chi connectivity index (χ0) is 15.2. The van der Waals surface area contributed by atoms with E-state index >= 15 is 0 Å². The van der Waals surface area contributed by atoms with Gasteiger partial charge in [-0.05, 0) is 31.2 Å². The minimum atomic E-state index is -1.09. The molecule has 2 aromatic rings. The summed E-state index contributed by atoms with van der Waals surface area (Å²) in [5.41, 5.74) is 1.34. The van der Waals surface area contributed by atoms with Crippen molar-refractivity contribution in [3.8, 4) is 0 Å². The normalized spacial score (nSPS) is 10.5. The minimum Gasteiger partial charge on any atom is -0.478 e. The molecule has 0 atom stereocenters. The number of nitrogens with one attached hydrogen (secondary N) is 1. The number of aromatic nitrogens is 2. The number of carbonyl (C=O) groups is 2. The van der Waals surface area contributed by atoms with Gasteiger partial charge in [-0.1, -0.05) is 12.1 Å². The fraction of sp³-hybridized carbons (Fsp3) is 0.0667. The number of anilines is 1. The molecule has 0 saturated carbocycles. The molecule has 2 heterocycles. The van der Waals surface area contributed by atoms with Gasteiger partial charge in [-0.2, -0.15) is 0 Å². The van der Waals surface area contributed by atoms with Gasteiger partial charge in [0.1, 0.15) is 11.5 Å². The molecule has 21 heavy (non-hydrogen) atoms. The third-order valence-corrected chi connectivity index (χ3v) is 2.59. The van der Waals surface area contributed by atoms with Crippen LogP contribution in [0.15, 0.2) is 42.6 Å². The van der Waals surface area contributed by atoms with Crippen molar-refractivity contribution in [2.45, 2.75) is 6.92 Å². The molecule has 106 valence electrons. The molecule has 1 amide bonds. The van der Waals surface area contributed by atoms with Crippen molar-refractivity contribution in [3.63, 3.8) is 0 Å². The summed E-state index contributed by atoms with van der Waals surface area (Å²) in [5, 5.41) is 11.3. The van der Waals surface area contributed by atoms with E-state index < -0.39 is 11.9 Å². The Labute approximate surface area is 121 Å². The first-order valence-electron chi connectivity index (χ1n) is 6.17. The van der Waals surface area contributed by atoms with E-state index in [4.69, 9.17) is 5.11 Å². The second kappa shape index (κ2) is 6.42. The number of nitrogens with zero attached hydrogens (tertiary/aromatic N) is 2. The lowest BCUT2D eigenvalue weighted by Gasteiger charge is -2.06. The molecule has 0 bridgehead atoms. The molecule has 0 unspecified atom stereocenters. The summed E-state index contributed by atoms with van der Waals surface area (Å²) < 4.78 is 0. The first-order chi connectivity index (χ1) is 10.1. The molecule has 0 aliphatic carbocycles. The number of aryl methyl sites for hydroxylation is 1. The van der Waals surface area contributed by atoms with Crippen molar-refractivity contribution < 1.29 is 14.7 Å². The van der Waals surface area contributed by atoms with Crippen LogP contribution < -0.4 is 5.32 Å². The summed E-state index contributed by atoms with van der Waals surface area (Å²) >= 11 is 0. The Morgan fingerprint density at radius 3 is 2.76 bits per heavy atom. The SMILES string of the molecule is Cc1cccc(NC(=O)c2ncccc2/C=C/C(=O)O)n1. The van der Waals surface area contributed by atoms with E-state index in [1.165, 1.54) is 12.3 Å². The summed E-state index contributed by atoms with van der Waals surface area (Å²) in [6.07, 6.45) is 3.75. The molecule has 0 saturated heterocycles. The molecule has 2 aromatic heterocycles. The van der Waals surface area contributed by atoms with E-state index in [2.05, 4.69) is 15.3 Å². The molecule has 0 aliphatic rings. The summed E-state index contributed by atoms with van der Waals surface area (Å²) in [4.78, 5) is 30.9. The van der Waals surface area contributed by atoms with E-state index in [9.17, 15) is 9.59 Å². The largest absolute Gasteiger partial charge is 0.478 e. The van der Waals surface area contributed by atoms with Crippen molar-refractivity contribution in [3.05, 3.63) is 59.6 Å². The van der Waals surface area contributed by atoms with Crippen LogP contribution in [0.1, 0.15) is 21.7 Å². The predicted octanol–water partition coefficient (Wildman–Crippen LogP) is 2.14. The molecule has 2 rings (SSSR count). The third-order valence-electron chi connectivity index (χ3n) is 2.59. The second-order valence-electron chi connectivity index (χ2n) is 4.23. The number of carboxylic acid groups (broad SMARTS) is 1. The highest BCUT2D eigenvalue weighted by atomic mass is 16.4. The number of carboxylic acids is 1. The molecular weight excluding hydrogens is 270 g/mol. The standard InChI is InChI=1S/C15H13N3O3/c1-10-4-2-6-12(17-10)18-15(21)14-11(5-3-9-16-14)7-8-13(19)20/h2-9H,1H3,(H,19,20)(H,17,18,21)/b8-7+. The van der Waals surface area contributed by atoms with Gasteiger partial charge in [0.15, 0.2) is 0 Å². The quantitative estimate of drug-likeness (QED) is 0.839. The fourth-order valence-corrected chi connectivity index (χ4v) is 1.69. The van der Waals surface area contributed by atoms with Gasteiger partial charge in [-0.3, -0.25) is 9.78 Å². The summed E-state index contributed by atoms with van der Waals surface area (Å²) in [5.74, 6) is -1.12. The highest BCUT2D eigenvalue weighted by molar-refractivity contribution is 6.05. The van der Waals surface area contributed by atoms with E-state index in [1.54, 1.807) is 24.3 Å². The fourth-order valence-electron chi connectivity index (χ4n) is 1.69. The molecule has 0 radical (unpaired) electrons. The van der Waals surface area contributed by atoms with Crippen LogP contribution in [0.2, 0.25) is 0 Å². The molecular formula is C15H13N3O3. The average Bonchev–Trinajstić information content (AvgIpc) is 2.45. The van der Waals surface area contributed by atoms with Crippen LogP contribution >= 0.6 is 0 Å². The van der Waals surface area contributed by atoms with Crippen LogP contribution in [0.25, 0.3) is 6.08 Å². The Kier molecular flexibility index (Phi) is 4.40. The number of aliphatic carboxylic acids is 1. The van der Waals surface area contributed by atoms with Crippen molar-refractivity contribution in [2.75, 3.05) is 5.32 Å². The van der Waals surface area contributed by atoms with Gasteiger partial charge in [0.25, 0.3) is 5.91 Å². The van der Waals surface area contributed by atoms with Gasteiger partial charge in [0.05, 0.1) is 0 Å². The van der Waals surface area contributed by atoms with Gasteiger partial charge < -0.3 is 10.4 Å². The molecule has 2 N–H and O–H groups in total. The molecule has 0 spiro atoms. The van der Waals surface area contributed by atoms with Gasteiger partial charge in [-0.15, -0.1) is 0 Å². The predicted molar refractivity (Wildman–Crippen MR) is 77.8 cm³/mol. The minimum absolute atomic E-state index is 0.137. The molecule has 6 nitrogen and oxygen atoms in total. The lowest BCUT2D eigenvalue weighted by molar-refractivity contribution is -0.131. The van der Waals surface area contributed by atoms with Gasteiger partial charge in [-0.25, -0.2) is 9.78 Å². The van der Waals surface area contributed by atoms with Gasteiger partial charge in [0, 0.05) is 23.5 Å². The molecule has 0 fully saturated rings. The highest BCUT2D eigenvalue weighted by Crippen LogP contribution is 2.11. The maximum Gasteiger partial charge on any atom is 0.328 e.